The monoisotopic (exact) mass is 373 g/mol. The molecular weight excluding hydrogens is 352 g/mol. The predicted molar refractivity (Wildman–Crippen MR) is 97.4 cm³/mol. The van der Waals surface area contributed by atoms with E-state index in [4.69, 9.17) is 5.11 Å². The molecule has 0 radical (unpaired) electrons. The number of hydrogen-bond donors (Lipinski definition) is 1. The first-order chi connectivity index (χ1) is 13.0. The first-order valence-electron chi connectivity index (χ1n) is 8.84. The lowest BCUT2D eigenvalue weighted by Crippen LogP contribution is -2.46. The molecule has 4 nitrogen and oxygen atoms in total. The minimum Gasteiger partial charge on any atom is -0.478 e. The second-order valence-electron chi connectivity index (χ2n) is 6.94. The van der Waals surface area contributed by atoms with Crippen LogP contribution < -0.4 is 0 Å². The molecule has 1 aliphatic rings. The zero-order valence-electron chi connectivity index (χ0n) is 14.8. The van der Waals surface area contributed by atoms with Gasteiger partial charge in [-0.3, -0.25) is 9.69 Å². The maximum absolute atomic E-state index is 14.1. The number of likely N-dealkylation sites (tertiary alicyclic amines) is 1. The summed E-state index contributed by atoms with van der Waals surface area (Å²) >= 11 is 0. The van der Waals surface area contributed by atoms with Crippen LogP contribution in [-0.4, -0.2) is 41.8 Å². The molecule has 3 rings (SSSR count). The third-order valence-electron chi connectivity index (χ3n) is 5.40. The topological polar surface area (TPSA) is 57.6 Å². The molecule has 0 aromatic heterocycles. The summed E-state index contributed by atoms with van der Waals surface area (Å²) in [6.45, 7) is 1.73. The van der Waals surface area contributed by atoms with Crippen molar-refractivity contribution >= 4 is 12.3 Å². The van der Waals surface area contributed by atoms with E-state index in [0.717, 1.165) is 5.56 Å². The Morgan fingerprint density at radius 3 is 2.37 bits per heavy atom. The molecule has 2 aromatic rings. The molecule has 27 heavy (non-hydrogen) atoms. The number of halogens is 2. The molecule has 1 fully saturated rings. The van der Waals surface area contributed by atoms with E-state index in [2.05, 4.69) is 4.90 Å². The van der Waals surface area contributed by atoms with Crippen LogP contribution in [0.1, 0.15) is 44.7 Å². The van der Waals surface area contributed by atoms with Gasteiger partial charge in [-0.15, -0.1) is 0 Å². The van der Waals surface area contributed by atoms with E-state index >= 15 is 0 Å². The summed E-state index contributed by atoms with van der Waals surface area (Å²) in [5.41, 5.74) is -0.117. The largest absolute Gasteiger partial charge is 0.478 e. The van der Waals surface area contributed by atoms with Crippen LogP contribution in [0.2, 0.25) is 0 Å². The summed E-state index contributed by atoms with van der Waals surface area (Å²) in [6, 6.07) is 13.9. The zero-order valence-corrected chi connectivity index (χ0v) is 14.8. The standard InChI is InChI=1S/C21H21F2NO3/c22-20(23)21(17-6-7-18(19(26)27)16(12-17)14-25)8-10-24(11-9-21)13-15-4-2-1-3-5-15/h1-7,12,14,20H,8-11,13H2,(H,26,27). The molecule has 2 aromatic carbocycles. The van der Waals surface area contributed by atoms with Gasteiger partial charge >= 0.3 is 5.97 Å². The third kappa shape index (κ3) is 3.90. The molecule has 1 saturated heterocycles. The van der Waals surface area contributed by atoms with Crippen LogP contribution in [-0.2, 0) is 12.0 Å². The molecule has 1 heterocycles. The zero-order chi connectivity index (χ0) is 19.4. The van der Waals surface area contributed by atoms with Gasteiger partial charge in [-0.05, 0) is 49.2 Å². The second kappa shape index (κ2) is 7.96. The minimum absolute atomic E-state index is 0.0632. The molecule has 0 spiro atoms. The van der Waals surface area contributed by atoms with Crippen LogP contribution in [0.4, 0.5) is 8.78 Å². The average molecular weight is 373 g/mol. The second-order valence-corrected chi connectivity index (χ2v) is 6.94. The van der Waals surface area contributed by atoms with Gasteiger partial charge in [0, 0.05) is 12.1 Å². The number of aromatic carboxylic acids is 1. The average Bonchev–Trinajstić information content (AvgIpc) is 2.68. The van der Waals surface area contributed by atoms with Crippen molar-refractivity contribution in [2.45, 2.75) is 31.2 Å². The molecule has 6 heteroatoms. The fourth-order valence-electron chi connectivity index (χ4n) is 3.75. The fraction of sp³-hybridized carbons (Fsp3) is 0.333. The quantitative estimate of drug-likeness (QED) is 0.778. The van der Waals surface area contributed by atoms with Gasteiger partial charge in [0.15, 0.2) is 6.29 Å². The Balaban J connectivity index is 1.82. The van der Waals surface area contributed by atoms with Crippen molar-refractivity contribution in [2.75, 3.05) is 13.1 Å². The lowest BCUT2D eigenvalue weighted by atomic mass is 9.72. The summed E-state index contributed by atoms with van der Waals surface area (Å²) in [4.78, 5) is 24.6. The third-order valence-corrected chi connectivity index (χ3v) is 5.40. The van der Waals surface area contributed by atoms with E-state index in [1.165, 1.54) is 18.2 Å². The maximum atomic E-state index is 14.1. The lowest BCUT2D eigenvalue weighted by molar-refractivity contribution is 0.00436. The van der Waals surface area contributed by atoms with Gasteiger partial charge in [-0.1, -0.05) is 36.4 Å². The van der Waals surface area contributed by atoms with E-state index in [-0.39, 0.29) is 24.0 Å². The van der Waals surface area contributed by atoms with Crippen LogP contribution in [0.5, 0.6) is 0 Å². The van der Waals surface area contributed by atoms with Gasteiger partial charge in [0.2, 0.25) is 6.43 Å². The van der Waals surface area contributed by atoms with E-state index < -0.39 is 17.8 Å². The number of hydrogen-bond acceptors (Lipinski definition) is 3. The Kier molecular flexibility index (Phi) is 5.65. The van der Waals surface area contributed by atoms with Crippen LogP contribution in [0.3, 0.4) is 0 Å². The number of carboxylic acids is 1. The fourth-order valence-corrected chi connectivity index (χ4v) is 3.75. The first-order valence-corrected chi connectivity index (χ1v) is 8.84. The highest BCUT2D eigenvalue weighted by atomic mass is 19.3. The smallest absolute Gasteiger partial charge is 0.336 e. The van der Waals surface area contributed by atoms with Gasteiger partial charge in [0.1, 0.15) is 0 Å². The van der Waals surface area contributed by atoms with Gasteiger partial charge in [-0.2, -0.15) is 0 Å². The summed E-state index contributed by atoms with van der Waals surface area (Å²) in [5, 5.41) is 9.13. The molecule has 1 aliphatic heterocycles. The Bertz CT molecular complexity index is 815. The number of carboxylic acid groups (broad SMARTS) is 1. The summed E-state index contributed by atoms with van der Waals surface area (Å²) in [6.07, 6.45) is -1.67. The number of benzene rings is 2. The van der Waals surface area contributed by atoms with E-state index in [9.17, 15) is 18.4 Å². The van der Waals surface area contributed by atoms with E-state index in [0.29, 0.717) is 31.5 Å². The Labute approximate surface area is 156 Å². The molecule has 0 unspecified atom stereocenters. The maximum Gasteiger partial charge on any atom is 0.336 e. The van der Waals surface area contributed by atoms with Crippen molar-refractivity contribution in [3.63, 3.8) is 0 Å². The Morgan fingerprint density at radius 1 is 1.15 bits per heavy atom. The van der Waals surface area contributed by atoms with Gasteiger partial charge in [0.25, 0.3) is 0 Å². The molecule has 0 atom stereocenters. The lowest BCUT2D eigenvalue weighted by Gasteiger charge is -2.42. The first kappa shape index (κ1) is 19.2. The summed E-state index contributed by atoms with van der Waals surface area (Å²) in [7, 11) is 0. The minimum atomic E-state index is -2.59. The molecule has 0 amide bonds. The number of nitrogens with zero attached hydrogens (tertiary/aromatic N) is 1. The number of piperidine rings is 1. The van der Waals surface area contributed by atoms with Gasteiger partial charge in [-0.25, -0.2) is 13.6 Å². The molecule has 0 saturated carbocycles. The van der Waals surface area contributed by atoms with Crippen molar-refractivity contribution in [2.24, 2.45) is 0 Å². The van der Waals surface area contributed by atoms with Crippen LogP contribution >= 0.6 is 0 Å². The van der Waals surface area contributed by atoms with Crippen molar-refractivity contribution in [1.82, 2.24) is 4.90 Å². The van der Waals surface area contributed by atoms with Crippen LogP contribution in [0.25, 0.3) is 0 Å². The van der Waals surface area contributed by atoms with Crippen molar-refractivity contribution in [3.05, 3.63) is 70.8 Å². The predicted octanol–water partition coefficient (Wildman–Crippen LogP) is 4.00. The summed E-state index contributed by atoms with van der Waals surface area (Å²) in [5.74, 6) is -1.24. The molecule has 0 aliphatic carbocycles. The highest BCUT2D eigenvalue weighted by molar-refractivity contribution is 5.97. The molecule has 142 valence electrons. The molecule has 0 bridgehead atoms. The van der Waals surface area contributed by atoms with Gasteiger partial charge in [0.05, 0.1) is 11.0 Å². The highest BCUT2D eigenvalue weighted by Crippen LogP contribution is 2.41. The normalized spacial score (nSPS) is 17.0. The Morgan fingerprint density at radius 2 is 1.81 bits per heavy atom. The van der Waals surface area contributed by atoms with Crippen LogP contribution in [0.15, 0.2) is 48.5 Å². The Hall–Kier alpha value is -2.60. The number of carbonyl (C=O) groups excluding carboxylic acids is 1. The van der Waals surface area contributed by atoms with Crippen molar-refractivity contribution in [3.8, 4) is 0 Å². The van der Waals surface area contributed by atoms with Crippen molar-refractivity contribution < 1.29 is 23.5 Å². The van der Waals surface area contributed by atoms with Crippen molar-refractivity contribution in [1.29, 1.82) is 0 Å². The molecular formula is C21H21F2NO3. The van der Waals surface area contributed by atoms with Gasteiger partial charge < -0.3 is 5.11 Å². The number of carbonyl (C=O) groups is 2. The number of alkyl halides is 2. The number of aldehydes is 1. The van der Waals surface area contributed by atoms with Crippen LogP contribution in [0, 0.1) is 0 Å². The highest BCUT2D eigenvalue weighted by Gasteiger charge is 2.44. The SMILES string of the molecule is O=Cc1cc(C2(C(F)F)CCN(Cc3ccccc3)CC2)ccc1C(=O)O. The number of rotatable bonds is 6. The van der Waals surface area contributed by atoms with E-state index in [1.807, 2.05) is 30.3 Å². The summed E-state index contributed by atoms with van der Waals surface area (Å²) < 4.78 is 28.2. The molecule has 1 N–H and O–H groups in total. The van der Waals surface area contributed by atoms with E-state index in [1.54, 1.807) is 0 Å².